The molecule has 0 heterocycles. The highest BCUT2D eigenvalue weighted by molar-refractivity contribution is 5.46. The Morgan fingerprint density at radius 2 is 1.63 bits per heavy atom. The van der Waals surface area contributed by atoms with Crippen molar-refractivity contribution in [3.8, 4) is 5.75 Å². The van der Waals surface area contributed by atoms with Gasteiger partial charge in [-0.05, 0) is 37.2 Å². The molecule has 0 unspecified atom stereocenters. The lowest BCUT2D eigenvalue weighted by atomic mass is 10.1. The second-order valence-electron chi connectivity index (χ2n) is 4.82. The van der Waals surface area contributed by atoms with Crippen molar-refractivity contribution in [1.82, 2.24) is 5.32 Å². The molecule has 0 spiro atoms. The molecule has 3 heteroatoms. The number of benzene rings is 1. The third kappa shape index (κ3) is 7.73. The fourth-order valence-electron chi connectivity index (χ4n) is 1.98. The number of nitrogens with one attached hydrogen (secondary N) is 2. The number of unbranched alkanes of at least 4 members (excludes halogenated alkanes) is 4. The first-order valence-corrected chi connectivity index (χ1v) is 7.45. The van der Waals surface area contributed by atoms with Gasteiger partial charge in [0.15, 0.2) is 0 Å². The fraction of sp³-hybridized carbons (Fsp3) is 0.625. The molecule has 0 aliphatic carbocycles. The molecule has 1 aromatic rings. The molecule has 0 atom stereocenters. The fourth-order valence-corrected chi connectivity index (χ4v) is 1.98. The van der Waals surface area contributed by atoms with E-state index in [1.807, 2.05) is 24.3 Å². The Hall–Kier alpha value is -1.22. The van der Waals surface area contributed by atoms with Crippen LogP contribution in [0.2, 0.25) is 0 Å². The Kier molecular flexibility index (Phi) is 8.90. The summed E-state index contributed by atoms with van der Waals surface area (Å²) in [7, 11) is 1.69. The van der Waals surface area contributed by atoms with Crippen molar-refractivity contribution < 1.29 is 4.74 Å². The molecule has 0 amide bonds. The van der Waals surface area contributed by atoms with E-state index in [2.05, 4.69) is 17.6 Å². The number of ether oxygens (including phenoxy) is 1. The molecule has 0 bridgehead atoms. The maximum atomic E-state index is 5.13. The quantitative estimate of drug-likeness (QED) is 0.598. The van der Waals surface area contributed by atoms with E-state index in [4.69, 9.17) is 4.74 Å². The van der Waals surface area contributed by atoms with Crippen molar-refractivity contribution in [3.63, 3.8) is 0 Å². The lowest BCUT2D eigenvalue weighted by molar-refractivity contribution is 0.415. The van der Waals surface area contributed by atoms with Crippen LogP contribution in [0, 0.1) is 0 Å². The summed E-state index contributed by atoms with van der Waals surface area (Å²) < 4.78 is 5.13. The van der Waals surface area contributed by atoms with Crippen LogP contribution in [0.15, 0.2) is 24.3 Å². The molecule has 0 radical (unpaired) electrons. The Labute approximate surface area is 117 Å². The first kappa shape index (κ1) is 15.8. The molecule has 3 nitrogen and oxygen atoms in total. The normalized spacial score (nSPS) is 10.4. The summed E-state index contributed by atoms with van der Waals surface area (Å²) in [6.45, 7) is 5.36. The average Bonchev–Trinajstić information content (AvgIpc) is 2.46. The summed E-state index contributed by atoms with van der Waals surface area (Å²) in [5, 5.41) is 6.86. The van der Waals surface area contributed by atoms with Gasteiger partial charge in [-0.3, -0.25) is 0 Å². The maximum absolute atomic E-state index is 5.13. The topological polar surface area (TPSA) is 33.3 Å². The zero-order chi connectivity index (χ0) is 13.8. The van der Waals surface area contributed by atoms with Gasteiger partial charge < -0.3 is 15.4 Å². The molecule has 19 heavy (non-hydrogen) atoms. The van der Waals surface area contributed by atoms with Gasteiger partial charge in [-0.2, -0.15) is 0 Å². The second kappa shape index (κ2) is 10.7. The predicted octanol–water partition coefficient (Wildman–Crippen LogP) is 3.67. The number of methoxy groups -OCH3 is 1. The van der Waals surface area contributed by atoms with Gasteiger partial charge in [0, 0.05) is 18.8 Å². The van der Waals surface area contributed by atoms with E-state index in [9.17, 15) is 0 Å². The van der Waals surface area contributed by atoms with Crippen molar-refractivity contribution in [2.75, 3.05) is 32.1 Å². The van der Waals surface area contributed by atoms with Gasteiger partial charge in [-0.1, -0.05) is 32.6 Å². The van der Waals surface area contributed by atoms with Gasteiger partial charge in [-0.25, -0.2) is 0 Å². The lowest BCUT2D eigenvalue weighted by Gasteiger charge is -2.08. The van der Waals surface area contributed by atoms with Crippen LogP contribution in [0.3, 0.4) is 0 Å². The molecule has 0 saturated carbocycles. The number of rotatable bonds is 11. The van der Waals surface area contributed by atoms with E-state index in [-0.39, 0.29) is 0 Å². The Bertz CT molecular complexity index is 311. The van der Waals surface area contributed by atoms with Gasteiger partial charge in [0.2, 0.25) is 0 Å². The summed E-state index contributed by atoms with van der Waals surface area (Å²) in [5.41, 5.74) is 1.14. The van der Waals surface area contributed by atoms with Gasteiger partial charge in [0.05, 0.1) is 7.11 Å². The van der Waals surface area contributed by atoms with E-state index >= 15 is 0 Å². The van der Waals surface area contributed by atoms with E-state index in [1.54, 1.807) is 7.11 Å². The minimum atomic E-state index is 0.899. The van der Waals surface area contributed by atoms with Crippen LogP contribution in [0.1, 0.15) is 39.0 Å². The van der Waals surface area contributed by atoms with Crippen LogP contribution < -0.4 is 15.4 Å². The average molecular weight is 264 g/mol. The van der Waals surface area contributed by atoms with E-state index in [0.29, 0.717) is 0 Å². The standard InChI is InChI=1S/C16H28N2O/c1-3-4-5-6-7-12-17-13-14-18-15-8-10-16(19-2)11-9-15/h8-11,17-18H,3-7,12-14H2,1-2H3. The summed E-state index contributed by atoms with van der Waals surface area (Å²) in [6, 6.07) is 8.04. The van der Waals surface area contributed by atoms with E-state index in [0.717, 1.165) is 31.1 Å². The molecular formula is C16H28N2O. The molecule has 0 fully saturated rings. The first-order valence-electron chi connectivity index (χ1n) is 7.45. The predicted molar refractivity (Wildman–Crippen MR) is 83.1 cm³/mol. The highest BCUT2D eigenvalue weighted by Gasteiger charge is 1.93. The molecular weight excluding hydrogens is 236 g/mol. The zero-order valence-corrected chi connectivity index (χ0v) is 12.4. The Balaban J connectivity index is 1.95. The van der Waals surface area contributed by atoms with Gasteiger partial charge in [-0.15, -0.1) is 0 Å². The van der Waals surface area contributed by atoms with Crippen LogP contribution in [0.25, 0.3) is 0 Å². The van der Waals surface area contributed by atoms with Gasteiger partial charge in [0.1, 0.15) is 5.75 Å². The SMILES string of the molecule is CCCCCCCNCCNc1ccc(OC)cc1. The van der Waals surface area contributed by atoms with E-state index in [1.165, 1.54) is 32.1 Å². The van der Waals surface area contributed by atoms with Crippen molar-refractivity contribution in [2.45, 2.75) is 39.0 Å². The summed E-state index contributed by atoms with van der Waals surface area (Å²) in [6.07, 6.45) is 6.72. The maximum Gasteiger partial charge on any atom is 0.119 e. The minimum absolute atomic E-state index is 0.899. The summed E-state index contributed by atoms with van der Waals surface area (Å²) >= 11 is 0. The molecule has 1 aromatic carbocycles. The zero-order valence-electron chi connectivity index (χ0n) is 12.4. The second-order valence-corrected chi connectivity index (χ2v) is 4.82. The Morgan fingerprint density at radius 3 is 2.32 bits per heavy atom. The van der Waals surface area contributed by atoms with Crippen molar-refractivity contribution in [1.29, 1.82) is 0 Å². The Morgan fingerprint density at radius 1 is 0.895 bits per heavy atom. The third-order valence-corrected chi connectivity index (χ3v) is 3.18. The molecule has 0 aliphatic rings. The monoisotopic (exact) mass is 264 g/mol. The van der Waals surface area contributed by atoms with Crippen LogP contribution in [0.5, 0.6) is 5.75 Å². The summed E-state index contributed by atoms with van der Waals surface area (Å²) in [5.74, 6) is 0.899. The van der Waals surface area contributed by atoms with Crippen LogP contribution in [-0.2, 0) is 0 Å². The third-order valence-electron chi connectivity index (χ3n) is 3.18. The number of hydrogen-bond acceptors (Lipinski definition) is 3. The van der Waals surface area contributed by atoms with Crippen molar-refractivity contribution in [2.24, 2.45) is 0 Å². The number of hydrogen-bond donors (Lipinski definition) is 2. The van der Waals surface area contributed by atoms with Crippen LogP contribution >= 0.6 is 0 Å². The highest BCUT2D eigenvalue weighted by Crippen LogP contribution is 2.14. The lowest BCUT2D eigenvalue weighted by Crippen LogP contribution is -2.23. The van der Waals surface area contributed by atoms with Crippen molar-refractivity contribution >= 4 is 5.69 Å². The minimum Gasteiger partial charge on any atom is -0.497 e. The molecule has 0 aromatic heterocycles. The number of anilines is 1. The molecule has 108 valence electrons. The summed E-state index contributed by atoms with van der Waals surface area (Å²) in [4.78, 5) is 0. The highest BCUT2D eigenvalue weighted by atomic mass is 16.5. The van der Waals surface area contributed by atoms with Gasteiger partial charge >= 0.3 is 0 Å². The molecule has 0 aliphatic heterocycles. The molecule has 0 saturated heterocycles. The first-order chi connectivity index (χ1) is 9.36. The smallest absolute Gasteiger partial charge is 0.119 e. The van der Waals surface area contributed by atoms with Gasteiger partial charge in [0.25, 0.3) is 0 Å². The van der Waals surface area contributed by atoms with Crippen LogP contribution in [0.4, 0.5) is 5.69 Å². The molecule has 1 rings (SSSR count). The molecule has 2 N–H and O–H groups in total. The largest absolute Gasteiger partial charge is 0.497 e. The van der Waals surface area contributed by atoms with Crippen molar-refractivity contribution in [3.05, 3.63) is 24.3 Å². The van der Waals surface area contributed by atoms with Crippen LogP contribution in [-0.4, -0.2) is 26.7 Å². The van der Waals surface area contributed by atoms with E-state index < -0.39 is 0 Å².